The quantitative estimate of drug-likeness (QED) is 0.687. The van der Waals surface area contributed by atoms with Crippen molar-refractivity contribution in [2.45, 2.75) is 51.7 Å². The van der Waals surface area contributed by atoms with Gasteiger partial charge in [-0.15, -0.1) is 5.10 Å². The maximum Gasteiger partial charge on any atom is 0.244 e. The molecular formula is C19H33N7O2. The van der Waals surface area contributed by atoms with Gasteiger partial charge in [0.15, 0.2) is 5.82 Å². The van der Waals surface area contributed by atoms with Gasteiger partial charge in [-0.2, -0.15) is 0 Å². The van der Waals surface area contributed by atoms with Crippen molar-refractivity contribution in [1.29, 1.82) is 0 Å². The third-order valence-electron chi connectivity index (χ3n) is 6.65. The maximum absolute atomic E-state index is 12.8. The van der Waals surface area contributed by atoms with E-state index in [4.69, 9.17) is 4.74 Å². The van der Waals surface area contributed by atoms with Gasteiger partial charge in [0.2, 0.25) is 5.91 Å². The largest absolute Gasteiger partial charge is 0.379 e. The Hall–Kier alpha value is -1.58. The number of nitrogens with zero attached hydrogens (tertiary/aromatic N) is 7. The highest BCUT2D eigenvalue weighted by atomic mass is 16.5. The normalized spacial score (nSPS) is 24.0. The predicted octanol–water partition coefficient (Wildman–Crippen LogP) is 0.228. The molecule has 9 nitrogen and oxygen atoms in total. The van der Waals surface area contributed by atoms with Gasteiger partial charge in [-0.1, -0.05) is 0 Å². The van der Waals surface area contributed by atoms with Crippen molar-refractivity contribution < 1.29 is 9.53 Å². The molecule has 3 aliphatic rings. The van der Waals surface area contributed by atoms with Gasteiger partial charge in [0.1, 0.15) is 6.54 Å². The van der Waals surface area contributed by atoms with Crippen molar-refractivity contribution >= 4 is 5.91 Å². The zero-order valence-corrected chi connectivity index (χ0v) is 17.0. The molecule has 1 amide bonds. The van der Waals surface area contributed by atoms with Gasteiger partial charge >= 0.3 is 0 Å². The number of morpholine rings is 1. The van der Waals surface area contributed by atoms with Gasteiger partial charge in [-0.05, 0) is 62.0 Å². The minimum atomic E-state index is 0.128. The number of carbonyl (C=O) groups is 1. The zero-order chi connectivity index (χ0) is 19.3. The Morgan fingerprint density at radius 2 is 1.82 bits per heavy atom. The molecule has 0 N–H and O–H groups in total. The summed E-state index contributed by atoms with van der Waals surface area (Å²) in [5.41, 5.74) is 0. The Bertz CT molecular complexity index is 632. The zero-order valence-electron chi connectivity index (χ0n) is 17.0. The third-order valence-corrected chi connectivity index (χ3v) is 6.65. The number of likely N-dealkylation sites (tertiary alicyclic amines) is 2. The number of hydrogen-bond acceptors (Lipinski definition) is 7. The summed E-state index contributed by atoms with van der Waals surface area (Å²) in [5, 5.41) is 12.0. The molecule has 0 radical (unpaired) electrons. The number of rotatable bonds is 6. The molecule has 3 aliphatic heterocycles. The fraction of sp³-hybridized carbons (Fsp3) is 0.895. The van der Waals surface area contributed by atoms with E-state index in [1.807, 2.05) is 4.90 Å². The number of tetrazole rings is 1. The van der Waals surface area contributed by atoms with E-state index in [1.54, 1.807) is 4.68 Å². The van der Waals surface area contributed by atoms with E-state index >= 15 is 0 Å². The molecule has 0 spiro atoms. The number of carbonyl (C=O) groups excluding carboxylic acids is 1. The van der Waals surface area contributed by atoms with E-state index in [2.05, 4.69) is 32.2 Å². The minimum absolute atomic E-state index is 0.128. The molecule has 0 saturated carbocycles. The molecule has 1 aromatic rings. The summed E-state index contributed by atoms with van der Waals surface area (Å²) in [6.07, 6.45) is 4.86. The molecule has 0 aliphatic carbocycles. The van der Waals surface area contributed by atoms with Crippen LogP contribution in [0.15, 0.2) is 0 Å². The summed E-state index contributed by atoms with van der Waals surface area (Å²) in [6, 6.07) is 0.638. The van der Waals surface area contributed by atoms with E-state index < -0.39 is 0 Å². The first kappa shape index (κ1) is 19.7. The van der Waals surface area contributed by atoms with E-state index in [1.165, 1.54) is 25.9 Å². The van der Waals surface area contributed by atoms with Crippen LogP contribution in [-0.2, 0) is 22.6 Å². The first-order chi connectivity index (χ1) is 13.7. The van der Waals surface area contributed by atoms with Crippen LogP contribution in [0.3, 0.4) is 0 Å². The van der Waals surface area contributed by atoms with Crippen LogP contribution in [0, 0.1) is 5.92 Å². The second-order valence-corrected chi connectivity index (χ2v) is 8.34. The SMILES string of the molecule is CC(C1CCN(C(=O)Cn2nnnc2CN2CCOCC2)CC1)N1CCCC1. The van der Waals surface area contributed by atoms with Crippen molar-refractivity contribution in [2.75, 3.05) is 52.5 Å². The molecule has 4 heterocycles. The highest BCUT2D eigenvalue weighted by Gasteiger charge is 2.30. The number of piperidine rings is 1. The van der Waals surface area contributed by atoms with Crippen LogP contribution >= 0.6 is 0 Å². The van der Waals surface area contributed by atoms with E-state index in [0.717, 1.165) is 58.1 Å². The molecule has 4 rings (SSSR count). The maximum atomic E-state index is 12.8. The van der Waals surface area contributed by atoms with E-state index in [-0.39, 0.29) is 12.5 Å². The van der Waals surface area contributed by atoms with Crippen LogP contribution < -0.4 is 0 Å². The lowest BCUT2D eigenvalue weighted by Crippen LogP contribution is -2.46. The number of ether oxygens (including phenoxy) is 1. The topological polar surface area (TPSA) is 79.6 Å². The summed E-state index contributed by atoms with van der Waals surface area (Å²) in [7, 11) is 0. The highest BCUT2D eigenvalue weighted by molar-refractivity contribution is 5.76. The molecule has 3 fully saturated rings. The molecule has 28 heavy (non-hydrogen) atoms. The lowest BCUT2D eigenvalue weighted by molar-refractivity contribution is -0.133. The number of amides is 1. The Kier molecular flexibility index (Phi) is 6.54. The van der Waals surface area contributed by atoms with Crippen LogP contribution in [0.2, 0.25) is 0 Å². The van der Waals surface area contributed by atoms with E-state index in [9.17, 15) is 4.79 Å². The Balaban J connectivity index is 1.26. The fourth-order valence-corrected chi connectivity index (χ4v) is 4.72. The molecule has 9 heteroatoms. The van der Waals surface area contributed by atoms with E-state index in [0.29, 0.717) is 18.5 Å². The van der Waals surface area contributed by atoms with Crippen molar-refractivity contribution in [3.05, 3.63) is 5.82 Å². The molecule has 0 aromatic carbocycles. The Morgan fingerprint density at radius 3 is 2.54 bits per heavy atom. The Morgan fingerprint density at radius 1 is 1.11 bits per heavy atom. The summed E-state index contributed by atoms with van der Waals surface area (Å²) in [5.74, 6) is 1.59. The summed E-state index contributed by atoms with van der Waals surface area (Å²) < 4.78 is 7.05. The molecule has 0 bridgehead atoms. The molecule has 1 atom stereocenters. The monoisotopic (exact) mass is 391 g/mol. The lowest BCUT2D eigenvalue weighted by Gasteiger charge is -2.38. The van der Waals surface area contributed by atoms with Crippen molar-refractivity contribution in [3.8, 4) is 0 Å². The summed E-state index contributed by atoms with van der Waals surface area (Å²) >= 11 is 0. The van der Waals surface area contributed by atoms with Gasteiger partial charge in [0.25, 0.3) is 0 Å². The summed E-state index contributed by atoms with van der Waals surface area (Å²) in [6.45, 7) is 10.7. The highest BCUT2D eigenvalue weighted by Crippen LogP contribution is 2.26. The number of hydrogen-bond donors (Lipinski definition) is 0. The first-order valence-electron chi connectivity index (χ1n) is 10.8. The van der Waals surface area contributed by atoms with Crippen molar-refractivity contribution in [3.63, 3.8) is 0 Å². The molecular weight excluding hydrogens is 358 g/mol. The summed E-state index contributed by atoms with van der Waals surface area (Å²) in [4.78, 5) is 19.7. The van der Waals surface area contributed by atoms with Gasteiger partial charge in [-0.25, -0.2) is 4.68 Å². The second kappa shape index (κ2) is 9.28. The third kappa shape index (κ3) is 4.69. The van der Waals surface area contributed by atoms with Gasteiger partial charge in [0, 0.05) is 32.2 Å². The predicted molar refractivity (Wildman–Crippen MR) is 103 cm³/mol. The van der Waals surface area contributed by atoms with Gasteiger partial charge < -0.3 is 14.5 Å². The van der Waals surface area contributed by atoms with Crippen LogP contribution in [0.25, 0.3) is 0 Å². The Labute approximate surface area is 167 Å². The standard InChI is InChI=1S/C19H33N7O2/c1-16(24-6-2-3-7-24)17-4-8-25(9-5-17)19(27)15-26-18(20-21-22-26)14-23-10-12-28-13-11-23/h16-17H,2-15H2,1H3. The van der Waals surface area contributed by atoms with Gasteiger partial charge in [-0.3, -0.25) is 9.69 Å². The van der Waals surface area contributed by atoms with Crippen LogP contribution in [0.1, 0.15) is 38.4 Å². The smallest absolute Gasteiger partial charge is 0.244 e. The van der Waals surface area contributed by atoms with Crippen LogP contribution in [0.5, 0.6) is 0 Å². The van der Waals surface area contributed by atoms with Crippen LogP contribution in [0.4, 0.5) is 0 Å². The second-order valence-electron chi connectivity index (χ2n) is 8.34. The average Bonchev–Trinajstić information content (AvgIpc) is 3.41. The molecule has 3 saturated heterocycles. The molecule has 156 valence electrons. The van der Waals surface area contributed by atoms with Crippen LogP contribution in [-0.4, -0.2) is 99.3 Å². The molecule has 1 aromatic heterocycles. The van der Waals surface area contributed by atoms with Crippen molar-refractivity contribution in [1.82, 2.24) is 34.9 Å². The minimum Gasteiger partial charge on any atom is -0.379 e. The average molecular weight is 392 g/mol. The fourth-order valence-electron chi connectivity index (χ4n) is 4.72. The first-order valence-corrected chi connectivity index (χ1v) is 10.8. The van der Waals surface area contributed by atoms with Gasteiger partial charge in [0.05, 0.1) is 19.8 Å². The molecule has 1 unspecified atom stereocenters. The van der Waals surface area contributed by atoms with Crippen molar-refractivity contribution in [2.24, 2.45) is 5.92 Å². The number of aromatic nitrogens is 4. The lowest BCUT2D eigenvalue weighted by atomic mass is 9.89.